The zero-order chi connectivity index (χ0) is 25.3. The van der Waals surface area contributed by atoms with Gasteiger partial charge in [0.15, 0.2) is 17.3 Å². The third-order valence-electron chi connectivity index (χ3n) is 6.56. The van der Waals surface area contributed by atoms with Crippen molar-refractivity contribution in [1.82, 2.24) is 5.32 Å². The fraction of sp³-hybridized carbons (Fsp3) is 0.357. The molecule has 3 atom stereocenters. The van der Waals surface area contributed by atoms with Crippen molar-refractivity contribution in [3.63, 3.8) is 0 Å². The summed E-state index contributed by atoms with van der Waals surface area (Å²) in [5.41, 5.74) is 2.69. The molecule has 0 fully saturated rings. The number of Topliss-reactive ketones (excluding diaryl/α,β-unsaturated/α-hetero) is 1. The van der Waals surface area contributed by atoms with E-state index >= 15 is 4.39 Å². The van der Waals surface area contributed by atoms with Crippen LogP contribution in [0.3, 0.4) is 0 Å². The number of nitrogens with one attached hydrogen (secondary N) is 1. The van der Waals surface area contributed by atoms with E-state index in [9.17, 15) is 9.59 Å². The van der Waals surface area contributed by atoms with Gasteiger partial charge in [0.1, 0.15) is 11.7 Å². The molecule has 4 rings (SSSR count). The van der Waals surface area contributed by atoms with Gasteiger partial charge in [-0.05, 0) is 55.5 Å². The molecule has 0 radical (unpaired) electrons. The number of allylic oxidation sites excluding steroid dienone is 2. The molecule has 1 heterocycles. The lowest BCUT2D eigenvalue weighted by Crippen LogP contribution is -2.42. The first-order valence-electron chi connectivity index (χ1n) is 11.6. The topological polar surface area (TPSA) is 73.9 Å². The van der Waals surface area contributed by atoms with Gasteiger partial charge in [0.05, 0.1) is 20.3 Å². The minimum absolute atomic E-state index is 0.123. The Morgan fingerprint density at radius 2 is 1.80 bits per heavy atom. The number of carbonyl (C=O) groups excluding carboxylic acids is 2. The number of hydrogen-bond acceptors (Lipinski definition) is 6. The molecule has 7 heteroatoms. The Morgan fingerprint density at radius 3 is 2.46 bits per heavy atom. The van der Waals surface area contributed by atoms with Gasteiger partial charge in [0.2, 0.25) is 0 Å². The van der Waals surface area contributed by atoms with Gasteiger partial charge in [-0.2, -0.15) is 0 Å². The van der Waals surface area contributed by atoms with Crippen molar-refractivity contribution < 1.29 is 28.2 Å². The average Bonchev–Trinajstić information content (AvgIpc) is 2.82. The molecule has 2 aromatic carbocycles. The Hall–Kier alpha value is -3.61. The van der Waals surface area contributed by atoms with Crippen molar-refractivity contribution in [3.8, 4) is 11.5 Å². The fourth-order valence-electron chi connectivity index (χ4n) is 5.04. The van der Waals surface area contributed by atoms with E-state index < -0.39 is 23.6 Å². The van der Waals surface area contributed by atoms with Crippen LogP contribution in [0.25, 0.3) is 0 Å². The van der Waals surface area contributed by atoms with E-state index in [-0.39, 0.29) is 29.8 Å². The van der Waals surface area contributed by atoms with Gasteiger partial charge in [-0.25, -0.2) is 4.39 Å². The molecule has 2 aliphatic rings. The van der Waals surface area contributed by atoms with Gasteiger partial charge in [0, 0.05) is 29.3 Å². The van der Waals surface area contributed by atoms with Crippen LogP contribution in [0.15, 0.2) is 66.0 Å². The maximum absolute atomic E-state index is 15.0. The standard InChI is InChI=1S/C28H30FNO5/c1-15(2)35-28(32)25-16(3)30-21-12-18(17-10-11-23(33-4)24(14-17)34-5)13-22(31)27(21)26(25)19-8-6-7-9-20(19)29/h6-11,14-15,18,25-26,30H,3,12-13H2,1-2,4-5H3. The Kier molecular flexibility index (Phi) is 6.96. The summed E-state index contributed by atoms with van der Waals surface area (Å²) in [4.78, 5) is 26.7. The smallest absolute Gasteiger partial charge is 0.316 e. The van der Waals surface area contributed by atoms with Crippen molar-refractivity contribution in [2.24, 2.45) is 5.92 Å². The Morgan fingerprint density at radius 1 is 1.09 bits per heavy atom. The van der Waals surface area contributed by atoms with Crippen LogP contribution in [0.1, 0.15) is 49.7 Å². The molecule has 0 aromatic heterocycles. The monoisotopic (exact) mass is 479 g/mol. The van der Waals surface area contributed by atoms with Crippen LogP contribution < -0.4 is 14.8 Å². The van der Waals surface area contributed by atoms with E-state index in [1.54, 1.807) is 46.3 Å². The van der Waals surface area contributed by atoms with E-state index in [0.29, 0.717) is 34.9 Å². The zero-order valence-corrected chi connectivity index (χ0v) is 20.4. The van der Waals surface area contributed by atoms with Crippen LogP contribution >= 0.6 is 0 Å². The highest BCUT2D eigenvalue weighted by atomic mass is 19.1. The molecular weight excluding hydrogens is 449 g/mol. The lowest BCUT2D eigenvalue weighted by molar-refractivity contribution is -0.151. The number of esters is 1. The second kappa shape index (κ2) is 9.94. The van der Waals surface area contributed by atoms with Crippen molar-refractivity contribution in [2.45, 2.75) is 44.6 Å². The number of rotatable bonds is 6. The van der Waals surface area contributed by atoms with Gasteiger partial charge < -0.3 is 19.5 Å². The van der Waals surface area contributed by atoms with Crippen molar-refractivity contribution in [2.75, 3.05) is 14.2 Å². The van der Waals surface area contributed by atoms with Gasteiger partial charge in [-0.1, -0.05) is 30.8 Å². The molecule has 0 bridgehead atoms. The minimum Gasteiger partial charge on any atom is -0.493 e. The third-order valence-corrected chi connectivity index (χ3v) is 6.56. The molecule has 0 spiro atoms. The molecule has 0 saturated carbocycles. The second-order valence-corrected chi connectivity index (χ2v) is 9.15. The van der Waals surface area contributed by atoms with Gasteiger partial charge >= 0.3 is 5.97 Å². The molecule has 2 aromatic rings. The molecule has 1 aliphatic heterocycles. The minimum atomic E-state index is -0.922. The number of hydrogen-bond donors (Lipinski definition) is 1. The van der Waals surface area contributed by atoms with Crippen molar-refractivity contribution in [1.29, 1.82) is 0 Å². The largest absolute Gasteiger partial charge is 0.493 e. The molecule has 35 heavy (non-hydrogen) atoms. The summed E-state index contributed by atoms with van der Waals surface area (Å²) >= 11 is 0. The highest BCUT2D eigenvalue weighted by Crippen LogP contribution is 2.48. The predicted molar refractivity (Wildman–Crippen MR) is 130 cm³/mol. The maximum Gasteiger partial charge on any atom is 0.316 e. The number of carbonyl (C=O) groups is 2. The van der Waals surface area contributed by atoms with E-state index in [1.165, 1.54) is 6.07 Å². The molecule has 184 valence electrons. The molecule has 1 aliphatic carbocycles. The van der Waals surface area contributed by atoms with Crippen LogP contribution in [0, 0.1) is 11.7 Å². The second-order valence-electron chi connectivity index (χ2n) is 9.15. The van der Waals surface area contributed by atoms with Gasteiger partial charge in [-0.15, -0.1) is 0 Å². The lowest BCUT2D eigenvalue weighted by atomic mass is 9.69. The predicted octanol–water partition coefficient (Wildman–Crippen LogP) is 5.01. The highest BCUT2D eigenvalue weighted by Gasteiger charge is 2.46. The molecule has 6 nitrogen and oxygen atoms in total. The molecule has 0 amide bonds. The molecule has 1 N–H and O–H groups in total. The van der Waals surface area contributed by atoms with E-state index in [2.05, 4.69) is 11.9 Å². The highest BCUT2D eigenvalue weighted by molar-refractivity contribution is 6.01. The van der Waals surface area contributed by atoms with Crippen LogP contribution in [0.2, 0.25) is 0 Å². The van der Waals surface area contributed by atoms with Crippen LogP contribution in [0.4, 0.5) is 4.39 Å². The van der Waals surface area contributed by atoms with Gasteiger partial charge in [-0.3, -0.25) is 9.59 Å². The number of halogens is 1. The summed E-state index contributed by atoms with van der Waals surface area (Å²) in [6, 6.07) is 11.8. The first-order chi connectivity index (χ1) is 16.7. The SMILES string of the molecule is C=C1NC2=C(C(=O)CC(c3ccc(OC)c(OC)c3)C2)C(c2ccccc2F)C1C(=O)OC(C)C. The average molecular weight is 480 g/mol. The first-order valence-corrected chi connectivity index (χ1v) is 11.6. The quantitative estimate of drug-likeness (QED) is 0.587. The van der Waals surface area contributed by atoms with Crippen molar-refractivity contribution >= 4 is 11.8 Å². The summed E-state index contributed by atoms with van der Waals surface area (Å²) < 4.78 is 31.3. The summed E-state index contributed by atoms with van der Waals surface area (Å²) in [5, 5.41) is 3.21. The Labute approximate surface area is 204 Å². The van der Waals surface area contributed by atoms with Crippen LogP contribution in [-0.2, 0) is 14.3 Å². The number of ketones is 1. The fourth-order valence-corrected chi connectivity index (χ4v) is 5.04. The summed E-state index contributed by atoms with van der Waals surface area (Å²) in [6.45, 7) is 7.58. The Balaban J connectivity index is 1.78. The maximum atomic E-state index is 15.0. The zero-order valence-electron chi connectivity index (χ0n) is 20.4. The summed E-state index contributed by atoms with van der Waals surface area (Å²) in [7, 11) is 3.14. The summed E-state index contributed by atoms with van der Waals surface area (Å²) in [5.74, 6) is -1.82. The number of ether oxygens (including phenoxy) is 3. The van der Waals surface area contributed by atoms with Gasteiger partial charge in [0.25, 0.3) is 0 Å². The van der Waals surface area contributed by atoms with E-state index in [1.807, 2.05) is 18.2 Å². The normalized spacial score (nSPS) is 21.9. The van der Waals surface area contributed by atoms with Crippen LogP contribution in [-0.4, -0.2) is 32.1 Å². The molecule has 0 saturated heterocycles. The van der Waals surface area contributed by atoms with E-state index in [4.69, 9.17) is 14.2 Å². The number of benzene rings is 2. The third kappa shape index (κ3) is 4.67. The first kappa shape index (κ1) is 24.5. The summed E-state index contributed by atoms with van der Waals surface area (Å²) in [6.07, 6.45) is 0.370. The lowest BCUT2D eigenvalue weighted by Gasteiger charge is -2.40. The Bertz CT molecular complexity index is 1200. The number of methoxy groups -OCH3 is 2. The van der Waals surface area contributed by atoms with E-state index in [0.717, 1.165) is 5.56 Å². The van der Waals surface area contributed by atoms with Crippen molar-refractivity contribution in [3.05, 3.63) is 83.0 Å². The van der Waals surface area contributed by atoms with Crippen LogP contribution in [0.5, 0.6) is 11.5 Å². The molecular formula is C28H30FNO5. The molecule has 3 unspecified atom stereocenters.